The zero-order valence-electron chi connectivity index (χ0n) is 10.8. The normalized spacial score (nSPS) is 11.3. The lowest BCUT2D eigenvalue weighted by molar-refractivity contribution is 0.481. The van der Waals surface area contributed by atoms with Crippen molar-refractivity contribution >= 4 is 11.3 Å². The smallest absolute Gasteiger partial charge is 0.257 e. The van der Waals surface area contributed by atoms with E-state index in [1.54, 1.807) is 17.5 Å². The third-order valence-corrected chi connectivity index (χ3v) is 3.63. The highest BCUT2D eigenvalue weighted by molar-refractivity contribution is 7.13. The van der Waals surface area contributed by atoms with Crippen molar-refractivity contribution in [2.75, 3.05) is 0 Å². The van der Waals surface area contributed by atoms with Gasteiger partial charge in [-0.25, -0.2) is 4.98 Å². The molecule has 0 spiro atoms. The second kappa shape index (κ2) is 4.97. The Bertz CT molecular complexity index is 654. The van der Waals surface area contributed by atoms with Gasteiger partial charge in [0.25, 0.3) is 5.89 Å². The highest BCUT2D eigenvalue weighted by Gasteiger charge is 2.12. The minimum atomic E-state index is 0.370. The summed E-state index contributed by atoms with van der Waals surface area (Å²) < 4.78 is 7.71. The van der Waals surface area contributed by atoms with Gasteiger partial charge in [-0.3, -0.25) is 0 Å². The average molecular weight is 274 g/mol. The Morgan fingerprint density at radius 1 is 1.37 bits per heavy atom. The number of rotatable bonds is 4. The summed E-state index contributed by atoms with van der Waals surface area (Å²) in [6.07, 6.45) is 3.73. The van der Waals surface area contributed by atoms with Crippen molar-refractivity contribution in [2.24, 2.45) is 0 Å². The molecule has 0 aliphatic heterocycles. The molecule has 98 valence electrons. The van der Waals surface area contributed by atoms with E-state index in [0.717, 1.165) is 10.7 Å². The number of hydrogen-bond donors (Lipinski definition) is 0. The standard InChI is InChI=1S/C13H14N4OS/c1-9(2)12-14-5-6-17(12)8-11-15-16-13(18-11)10-4-3-7-19-10/h3-7,9H,8H2,1-2H3. The zero-order chi connectivity index (χ0) is 13.2. The molecule has 0 amide bonds. The summed E-state index contributed by atoms with van der Waals surface area (Å²) in [4.78, 5) is 5.34. The van der Waals surface area contributed by atoms with Gasteiger partial charge in [0.05, 0.1) is 4.88 Å². The van der Waals surface area contributed by atoms with E-state index in [1.165, 1.54) is 0 Å². The molecule has 6 heteroatoms. The molecule has 0 N–H and O–H groups in total. The van der Waals surface area contributed by atoms with Gasteiger partial charge in [0.15, 0.2) is 0 Å². The molecular weight excluding hydrogens is 260 g/mol. The lowest BCUT2D eigenvalue weighted by atomic mass is 10.2. The molecule has 19 heavy (non-hydrogen) atoms. The first-order valence-electron chi connectivity index (χ1n) is 6.11. The maximum atomic E-state index is 5.68. The van der Waals surface area contributed by atoms with E-state index < -0.39 is 0 Å². The number of nitrogens with zero attached hydrogens (tertiary/aromatic N) is 4. The molecule has 0 aromatic carbocycles. The van der Waals surface area contributed by atoms with Gasteiger partial charge >= 0.3 is 0 Å². The third kappa shape index (κ3) is 2.44. The Hall–Kier alpha value is -1.95. The molecule has 0 bridgehead atoms. The van der Waals surface area contributed by atoms with E-state index in [0.29, 0.717) is 24.2 Å². The molecule has 0 fully saturated rings. The molecule has 5 nitrogen and oxygen atoms in total. The summed E-state index contributed by atoms with van der Waals surface area (Å²) in [6, 6.07) is 3.94. The van der Waals surface area contributed by atoms with Crippen LogP contribution in [-0.2, 0) is 6.54 Å². The van der Waals surface area contributed by atoms with E-state index in [1.807, 2.05) is 28.3 Å². The summed E-state index contributed by atoms with van der Waals surface area (Å²) in [5.74, 6) is 2.57. The van der Waals surface area contributed by atoms with Crippen molar-refractivity contribution in [3.8, 4) is 10.8 Å². The first-order valence-corrected chi connectivity index (χ1v) is 6.99. The van der Waals surface area contributed by atoms with Gasteiger partial charge < -0.3 is 8.98 Å². The zero-order valence-corrected chi connectivity index (χ0v) is 11.6. The van der Waals surface area contributed by atoms with Gasteiger partial charge in [-0.05, 0) is 11.4 Å². The van der Waals surface area contributed by atoms with Crippen LogP contribution in [0, 0.1) is 0 Å². The Kier molecular flexibility index (Phi) is 3.16. The number of thiophene rings is 1. The lowest BCUT2D eigenvalue weighted by Gasteiger charge is -2.07. The number of hydrogen-bond acceptors (Lipinski definition) is 5. The quantitative estimate of drug-likeness (QED) is 0.733. The van der Waals surface area contributed by atoms with E-state index in [9.17, 15) is 0 Å². The second-order valence-corrected chi connectivity index (χ2v) is 5.49. The Balaban J connectivity index is 1.82. The Labute approximate surface area is 114 Å². The van der Waals surface area contributed by atoms with E-state index in [-0.39, 0.29) is 0 Å². The van der Waals surface area contributed by atoms with Crippen LogP contribution in [0.25, 0.3) is 10.8 Å². The van der Waals surface area contributed by atoms with Crippen LogP contribution in [0.4, 0.5) is 0 Å². The fourth-order valence-electron chi connectivity index (χ4n) is 1.92. The topological polar surface area (TPSA) is 56.7 Å². The van der Waals surface area contributed by atoms with E-state index in [4.69, 9.17) is 4.42 Å². The molecule has 0 atom stereocenters. The van der Waals surface area contributed by atoms with E-state index in [2.05, 4.69) is 29.0 Å². The monoisotopic (exact) mass is 274 g/mol. The van der Waals surface area contributed by atoms with Crippen molar-refractivity contribution in [1.29, 1.82) is 0 Å². The van der Waals surface area contributed by atoms with Crippen LogP contribution in [0.15, 0.2) is 34.3 Å². The van der Waals surface area contributed by atoms with Crippen molar-refractivity contribution < 1.29 is 4.42 Å². The van der Waals surface area contributed by atoms with Crippen LogP contribution in [-0.4, -0.2) is 19.7 Å². The van der Waals surface area contributed by atoms with Gasteiger partial charge in [-0.2, -0.15) is 0 Å². The number of aromatic nitrogens is 4. The maximum absolute atomic E-state index is 5.68. The molecule has 0 radical (unpaired) electrons. The van der Waals surface area contributed by atoms with Gasteiger partial charge in [-0.1, -0.05) is 19.9 Å². The number of imidazole rings is 1. The minimum absolute atomic E-state index is 0.370. The van der Waals surface area contributed by atoms with E-state index >= 15 is 0 Å². The SMILES string of the molecule is CC(C)c1nccn1Cc1nnc(-c2cccs2)o1. The van der Waals surface area contributed by atoms with Crippen molar-refractivity contribution in [3.05, 3.63) is 41.6 Å². The lowest BCUT2D eigenvalue weighted by Crippen LogP contribution is -2.06. The molecule has 3 heterocycles. The van der Waals surface area contributed by atoms with Crippen LogP contribution in [0.1, 0.15) is 31.5 Å². The maximum Gasteiger partial charge on any atom is 0.257 e. The second-order valence-electron chi connectivity index (χ2n) is 4.55. The van der Waals surface area contributed by atoms with Crippen LogP contribution in [0.2, 0.25) is 0 Å². The highest BCUT2D eigenvalue weighted by Crippen LogP contribution is 2.23. The predicted octanol–water partition coefficient (Wildman–Crippen LogP) is 3.17. The summed E-state index contributed by atoms with van der Waals surface area (Å²) in [6.45, 7) is 4.79. The predicted molar refractivity (Wildman–Crippen MR) is 73.0 cm³/mol. The fourth-order valence-corrected chi connectivity index (χ4v) is 2.56. The summed E-state index contributed by atoms with van der Waals surface area (Å²) in [5.41, 5.74) is 0. The summed E-state index contributed by atoms with van der Waals surface area (Å²) >= 11 is 1.59. The van der Waals surface area contributed by atoms with Crippen LogP contribution in [0.3, 0.4) is 0 Å². The van der Waals surface area contributed by atoms with Crippen molar-refractivity contribution in [1.82, 2.24) is 19.7 Å². The van der Waals surface area contributed by atoms with Crippen LogP contribution >= 0.6 is 11.3 Å². The first kappa shape index (κ1) is 12.1. The molecule has 3 aromatic rings. The van der Waals surface area contributed by atoms with Gasteiger partial charge in [0.2, 0.25) is 5.89 Å². The summed E-state index contributed by atoms with van der Waals surface area (Å²) in [7, 11) is 0. The molecule has 3 aromatic heterocycles. The Morgan fingerprint density at radius 3 is 3.00 bits per heavy atom. The molecule has 0 saturated heterocycles. The Morgan fingerprint density at radius 2 is 2.26 bits per heavy atom. The molecule has 0 aliphatic rings. The summed E-state index contributed by atoms with van der Waals surface area (Å²) in [5, 5.41) is 10.2. The van der Waals surface area contributed by atoms with Crippen LogP contribution < -0.4 is 0 Å². The van der Waals surface area contributed by atoms with Gasteiger partial charge in [-0.15, -0.1) is 21.5 Å². The molecular formula is C13H14N4OS. The van der Waals surface area contributed by atoms with Crippen LogP contribution in [0.5, 0.6) is 0 Å². The average Bonchev–Trinajstić information content (AvgIpc) is 3.09. The highest BCUT2D eigenvalue weighted by atomic mass is 32.1. The molecule has 3 rings (SSSR count). The molecule has 0 saturated carbocycles. The molecule has 0 aliphatic carbocycles. The van der Waals surface area contributed by atoms with Crippen molar-refractivity contribution in [2.45, 2.75) is 26.3 Å². The van der Waals surface area contributed by atoms with Crippen molar-refractivity contribution in [3.63, 3.8) is 0 Å². The largest absolute Gasteiger partial charge is 0.418 e. The first-order chi connectivity index (χ1) is 9.24. The van der Waals surface area contributed by atoms with Gasteiger partial charge in [0, 0.05) is 18.3 Å². The minimum Gasteiger partial charge on any atom is -0.418 e. The fraction of sp³-hybridized carbons (Fsp3) is 0.308. The molecule has 0 unspecified atom stereocenters. The van der Waals surface area contributed by atoms with Gasteiger partial charge in [0.1, 0.15) is 12.4 Å². The third-order valence-electron chi connectivity index (χ3n) is 2.77.